The Kier molecular flexibility index (Phi) is 5.15. The van der Waals surface area contributed by atoms with Crippen molar-refractivity contribution >= 4 is 11.3 Å². The van der Waals surface area contributed by atoms with Gasteiger partial charge in [-0.25, -0.2) is 4.39 Å². The minimum absolute atomic E-state index is 0.128. The molecule has 0 amide bonds. The van der Waals surface area contributed by atoms with Crippen LogP contribution in [-0.2, 0) is 13.0 Å². The molecule has 4 heteroatoms. The van der Waals surface area contributed by atoms with E-state index in [0.29, 0.717) is 12.4 Å². The van der Waals surface area contributed by atoms with Crippen LogP contribution in [0.25, 0.3) is 0 Å². The summed E-state index contributed by atoms with van der Waals surface area (Å²) in [7, 11) is 1.86. The van der Waals surface area contributed by atoms with Gasteiger partial charge in [0.2, 0.25) is 0 Å². The van der Waals surface area contributed by atoms with Crippen molar-refractivity contribution in [2.24, 2.45) is 0 Å². The zero-order valence-electron chi connectivity index (χ0n) is 12.1. The number of rotatable bonds is 6. The first-order valence-electron chi connectivity index (χ1n) is 6.81. The second-order valence-electron chi connectivity index (χ2n) is 4.71. The highest BCUT2D eigenvalue weighted by atomic mass is 32.1. The van der Waals surface area contributed by atoms with Crippen molar-refractivity contribution in [3.05, 3.63) is 51.5 Å². The molecule has 1 atom stereocenters. The van der Waals surface area contributed by atoms with E-state index in [1.54, 1.807) is 17.4 Å². The van der Waals surface area contributed by atoms with Crippen molar-refractivity contribution in [2.75, 3.05) is 7.05 Å². The van der Waals surface area contributed by atoms with Crippen LogP contribution >= 0.6 is 11.3 Å². The van der Waals surface area contributed by atoms with Crippen LogP contribution in [0.1, 0.15) is 35.2 Å². The van der Waals surface area contributed by atoms with Crippen LogP contribution in [-0.4, -0.2) is 7.05 Å². The minimum atomic E-state index is -0.308. The van der Waals surface area contributed by atoms with Crippen LogP contribution in [0, 0.1) is 5.82 Å². The maximum Gasteiger partial charge on any atom is 0.165 e. The third kappa shape index (κ3) is 3.58. The predicted molar refractivity (Wildman–Crippen MR) is 81.9 cm³/mol. The number of thiophene rings is 1. The lowest BCUT2D eigenvalue weighted by molar-refractivity contribution is 0.293. The second-order valence-corrected chi connectivity index (χ2v) is 5.96. The Morgan fingerprint density at radius 2 is 2.00 bits per heavy atom. The van der Waals surface area contributed by atoms with E-state index in [1.165, 1.54) is 10.9 Å². The molecule has 0 aliphatic carbocycles. The molecule has 0 aliphatic heterocycles. The van der Waals surface area contributed by atoms with Crippen LogP contribution < -0.4 is 10.1 Å². The Morgan fingerprint density at radius 3 is 2.60 bits per heavy atom. The van der Waals surface area contributed by atoms with E-state index in [0.717, 1.165) is 16.9 Å². The highest BCUT2D eigenvalue weighted by molar-refractivity contribution is 7.11. The Bertz CT molecular complexity index is 567. The Labute approximate surface area is 123 Å². The standard InChI is InChI=1S/C16H20FNOS/c1-4-13-6-7-14(20-13)10-19-16-8-5-12(9-15(16)17)11(2)18-3/h5-9,11,18H,4,10H2,1-3H3. The van der Waals surface area contributed by atoms with E-state index in [4.69, 9.17) is 4.74 Å². The lowest BCUT2D eigenvalue weighted by Gasteiger charge is -2.12. The van der Waals surface area contributed by atoms with E-state index in [-0.39, 0.29) is 11.9 Å². The predicted octanol–water partition coefficient (Wildman–Crippen LogP) is 4.31. The highest BCUT2D eigenvalue weighted by Gasteiger charge is 2.09. The van der Waals surface area contributed by atoms with E-state index in [1.807, 2.05) is 26.1 Å². The molecule has 1 aromatic carbocycles. The lowest BCUT2D eigenvalue weighted by Crippen LogP contribution is -2.12. The smallest absolute Gasteiger partial charge is 0.165 e. The molecule has 1 N–H and O–H groups in total. The van der Waals surface area contributed by atoms with Crippen LogP contribution in [0.4, 0.5) is 4.39 Å². The van der Waals surface area contributed by atoms with Gasteiger partial charge in [-0.2, -0.15) is 0 Å². The van der Waals surface area contributed by atoms with Crippen molar-refractivity contribution in [3.63, 3.8) is 0 Å². The van der Waals surface area contributed by atoms with Gasteiger partial charge in [0.05, 0.1) is 0 Å². The van der Waals surface area contributed by atoms with Crippen molar-refractivity contribution in [1.82, 2.24) is 5.32 Å². The second kappa shape index (κ2) is 6.86. The SMILES string of the molecule is CCc1ccc(COc2ccc(C(C)NC)cc2F)s1. The molecule has 0 bridgehead atoms. The summed E-state index contributed by atoms with van der Waals surface area (Å²) in [4.78, 5) is 2.44. The molecular formula is C16H20FNOS. The summed E-state index contributed by atoms with van der Waals surface area (Å²) in [5.41, 5.74) is 0.918. The van der Waals surface area contributed by atoms with Crippen molar-refractivity contribution in [3.8, 4) is 5.75 Å². The molecule has 0 radical (unpaired) electrons. The zero-order chi connectivity index (χ0) is 14.5. The molecule has 0 aliphatic rings. The fraction of sp³-hybridized carbons (Fsp3) is 0.375. The molecule has 2 aromatic rings. The molecule has 0 spiro atoms. The number of ether oxygens (including phenoxy) is 1. The number of hydrogen-bond donors (Lipinski definition) is 1. The third-order valence-corrected chi connectivity index (χ3v) is 4.53. The van der Waals surface area contributed by atoms with Gasteiger partial charge < -0.3 is 10.1 Å². The largest absolute Gasteiger partial charge is 0.485 e. The summed E-state index contributed by atoms with van der Waals surface area (Å²) < 4.78 is 19.5. The fourth-order valence-corrected chi connectivity index (χ4v) is 2.78. The fourth-order valence-electron chi connectivity index (χ4n) is 1.91. The first-order chi connectivity index (χ1) is 9.63. The van der Waals surface area contributed by atoms with Gasteiger partial charge in [-0.1, -0.05) is 13.0 Å². The minimum Gasteiger partial charge on any atom is -0.485 e. The van der Waals surface area contributed by atoms with Crippen molar-refractivity contribution < 1.29 is 9.13 Å². The summed E-state index contributed by atoms with van der Waals surface area (Å²) in [5, 5.41) is 3.09. The quantitative estimate of drug-likeness (QED) is 0.857. The third-order valence-electron chi connectivity index (χ3n) is 3.32. The highest BCUT2D eigenvalue weighted by Crippen LogP contribution is 2.24. The molecule has 108 valence electrons. The summed E-state index contributed by atoms with van der Waals surface area (Å²) in [6, 6.07) is 9.39. The van der Waals surface area contributed by atoms with Crippen molar-refractivity contribution in [1.29, 1.82) is 0 Å². The Morgan fingerprint density at radius 1 is 1.25 bits per heavy atom. The monoisotopic (exact) mass is 293 g/mol. The van der Waals surface area contributed by atoms with Crippen LogP contribution in [0.2, 0.25) is 0 Å². The average molecular weight is 293 g/mol. The van der Waals surface area contributed by atoms with Gasteiger partial charge in [-0.3, -0.25) is 0 Å². The van der Waals surface area contributed by atoms with E-state index >= 15 is 0 Å². The number of nitrogens with one attached hydrogen (secondary N) is 1. The van der Waals surface area contributed by atoms with Gasteiger partial charge >= 0.3 is 0 Å². The topological polar surface area (TPSA) is 21.3 Å². The van der Waals surface area contributed by atoms with Gasteiger partial charge in [0, 0.05) is 15.8 Å². The summed E-state index contributed by atoms with van der Waals surface area (Å²) in [6.07, 6.45) is 1.02. The lowest BCUT2D eigenvalue weighted by atomic mass is 10.1. The molecule has 0 saturated carbocycles. The first kappa shape index (κ1) is 15.0. The molecule has 1 heterocycles. The van der Waals surface area contributed by atoms with Gasteiger partial charge in [0.15, 0.2) is 11.6 Å². The molecular weight excluding hydrogens is 273 g/mol. The Balaban J connectivity index is 2.02. The maximum atomic E-state index is 14.0. The van der Waals surface area contributed by atoms with Crippen LogP contribution in [0.15, 0.2) is 30.3 Å². The van der Waals surface area contributed by atoms with Crippen molar-refractivity contribution in [2.45, 2.75) is 32.9 Å². The summed E-state index contributed by atoms with van der Waals surface area (Å²) in [5.74, 6) is 0.000345. The molecule has 2 rings (SSSR count). The average Bonchev–Trinajstić information content (AvgIpc) is 2.93. The molecule has 20 heavy (non-hydrogen) atoms. The van der Waals surface area contributed by atoms with E-state index in [2.05, 4.69) is 18.3 Å². The van der Waals surface area contributed by atoms with E-state index < -0.39 is 0 Å². The summed E-state index contributed by atoms with van der Waals surface area (Å²) in [6.45, 7) is 4.54. The van der Waals surface area contributed by atoms with E-state index in [9.17, 15) is 4.39 Å². The molecule has 1 aromatic heterocycles. The van der Waals surface area contributed by atoms with Gasteiger partial charge in [-0.05, 0) is 50.2 Å². The molecule has 0 fully saturated rings. The summed E-state index contributed by atoms with van der Waals surface area (Å²) >= 11 is 1.71. The number of aryl methyl sites for hydroxylation is 1. The molecule has 2 nitrogen and oxygen atoms in total. The van der Waals surface area contributed by atoms with Crippen LogP contribution in [0.5, 0.6) is 5.75 Å². The van der Waals surface area contributed by atoms with Gasteiger partial charge in [0.25, 0.3) is 0 Å². The van der Waals surface area contributed by atoms with Gasteiger partial charge in [-0.15, -0.1) is 11.3 Å². The van der Waals surface area contributed by atoms with Crippen LogP contribution in [0.3, 0.4) is 0 Å². The normalized spacial score (nSPS) is 12.4. The van der Waals surface area contributed by atoms with Gasteiger partial charge in [0.1, 0.15) is 6.61 Å². The zero-order valence-corrected chi connectivity index (χ0v) is 12.9. The molecule has 1 unspecified atom stereocenters. The first-order valence-corrected chi connectivity index (χ1v) is 7.62. The number of halogens is 1. The molecule has 0 saturated heterocycles. The number of benzene rings is 1. The Hall–Kier alpha value is -1.39. The maximum absolute atomic E-state index is 14.0. The number of hydrogen-bond acceptors (Lipinski definition) is 3.